The summed E-state index contributed by atoms with van der Waals surface area (Å²) in [5, 5.41) is 9.19. The molecule has 0 atom stereocenters. The van der Waals surface area contributed by atoms with Crippen molar-refractivity contribution in [3.8, 4) is 0 Å². The average molecular weight is 352 g/mol. The van der Waals surface area contributed by atoms with Crippen LogP contribution in [0, 0.1) is 0 Å². The Morgan fingerprint density at radius 2 is 2.19 bits per heavy atom. The van der Waals surface area contributed by atoms with Gasteiger partial charge >= 0.3 is 0 Å². The fourth-order valence-electron chi connectivity index (χ4n) is 1.66. The maximum absolute atomic E-state index is 12.2. The molecule has 0 saturated heterocycles. The average Bonchev–Trinajstić information content (AvgIpc) is 2.88. The first-order chi connectivity index (χ1) is 10.0. The number of hydrogen-bond donors (Lipinski definition) is 3. The van der Waals surface area contributed by atoms with Gasteiger partial charge in [-0.1, -0.05) is 6.07 Å². The molecule has 0 spiro atoms. The van der Waals surface area contributed by atoms with Crippen LogP contribution in [0.25, 0.3) is 0 Å². The summed E-state index contributed by atoms with van der Waals surface area (Å²) in [4.78, 5) is 23.4. The molecule has 0 fully saturated rings. The number of anilines is 2. The van der Waals surface area contributed by atoms with E-state index in [2.05, 4.69) is 31.7 Å². The third-order valence-corrected chi connectivity index (χ3v) is 3.63. The minimum Gasteiger partial charge on any atom is -0.398 e. The molecule has 1 heterocycles. The van der Waals surface area contributed by atoms with Crippen LogP contribution < -0.4 is 16.4 Å². The summed E-state index contributed by atoms with van der Waals surface area (Å²) in [6.45, 7) is 0.0916. The fourth-order valence-corrected chi connectivity index (χ4v) is 2.11. The number of nitrogens with one attached hydrogen (secondary N) is 2. The van der Waals surface area contributed by atoms with Crippen molar-refractivity contribution in [1.82, 2.24) is 15.1 Å². The van der Waals surface area contributed by atoms with Crippen molar-refractivity contribution >= 4 is 39.1 Å². The molecule has 0 bridgehead atoms. The molecule has 0 aliphatic carbocycles. The van der Waals surface area contributed by atoms with Gasteiger partial charge in [-0.2, -0.15) is 5.10 Å². The molecule has 0 radical (unpaired) electrons. The number of likely N-dealkylation sites (N-methyl/N-ethyl adjacent to an activating group) is 1. The van der Waals surface area contributed by atoms with Gasteiger partial charge in [-0.25, -0.2) is 0 Å². The summed E-state index contributed by atoms with van der Waals surface area (Å²) in [6.07, 6.45) is 3.05. The lowest BCUT2D eigenvalue weighted by Crippen LogP contribution is -2.23. The van der Waals surface area contributed by atoms with Crippen LogP contribution in [0.1, 0.15) is 10.4 Å². The number of aromatic nitrogens is 2. The van der Waals surface area contributed by atoms with E-state index < -0.39 is 0 Å². The first-order valence-electron chi connectivity index (χ1n) is 6.09. The SMILES string of the molecule is CNC(=O)Cn1cc(NC(=O)c2cccc(N)c2Br)cn1. The summed E-state index contributed by atoms with van der Waals surface area (Å²) in [7, 11) is 1.55. The molecule has 7 nitrogen and oxygen atoms in total. The molecule has 4 N–H and O–H groups in total. The van der Waals surface area contributed by atoms with Crippen molar-refractivity contribution in [2.24, 2.45) is 0 Å². The van der Waals surface area contributed by atoms with Crippen LogP contribution in [0.15, 0.2) is 35.1 Å². The molecule has 110 valence electrons. The van der Waals surface area contributed by atoms with Crippen molar-refractivity contribution in [2.75, 3.05) is 18.1 Å². The Kier molecular flexibility index (Phi) is 4.59. The van der Waals surface area contributed by atoms with Crippen molar-refractivity contribution in [3.05, 3.63) is 40.6 Å². The second kappa shape index (κ2) is 6.40. The Labute approximate surface area is 129 Å². The van der Waals surface area contributed by atoms with Crippen LogP contribution in [0.3, 0.4) is 0 Å². The van der Waals surface area contributed by atoms with Crippen molar-refractivity contribution in [1.29, 1.82) is 0 Å². The number of benzene rings is 1. The number of carbonyl (C=O) groups is 2. The number of nitrogens with two attached hydrogens (primary N) is 1. The zero-order valence-corrected chi connectivity index (χ0v) is 12.8. The molecule has 0 aliphatic rings. The molecule has 8 heteroatoms. The Hall–Kier alpha value is -2.35. The van der Waals surface area contributed by atoms with Gasteiger partial charge in [0.1, 0.15) is 6.54 Å². The maximum Gasteiger partial charge on any atom is 0.256 e. The molecule has 2 aromatic rings. The molecule has 0 saturated carbocycles. The van der Waals surface area contributed by atoms with Gasteiger partial charge < -0.3 is 16.4 Å². The molecular weight excluding hydrogens is 338 g/mol. The van der Waals surface area contributed by atoms with Gasteiger partial charge in [-0.15, -0.1) is 0 Å². The van der Waals surface area contributed by atoms with Crippen molar-refractivity contribution < 1.29 is 9.59 Å². The lowest BCUT2D eigenvalue weighted by Gasteiger charge is -2.06. The molecule has 1 aromatic carbocycles. The van der Waals surface area contributed by atoms with Crippen LogP contribution >= 0.6 is 15.9 Å². The van der Waals surface area contributed by atoms with E-state index >= 15 is 0 Å². The molecule has 21 heavy (non-hydrogen) atoms. The van der Waals surface area contributed by atoms with Gasteiger partial charge in [0.15, 0.2) is 0 Å². The number of carbonyl (C=O) groups excluding carboxylic acids is 2. The van der Waals surface area contributed by atoms with Gasteiger partial charge in [0, 0.05) is 18.9 Å². The standard InChI is InChI=1S/C13H14BrN5O2/c1-16-11(20)7-19-6-8(5-17-19)18-13(21)9-3-2-4-10(15)12(9)14/h2-6H,7,15H2,1H3,(H,16,20)(H,18,21). The van der Waals surface area contributed by atoms with Crippen LogP contribution in [0.5, 0.6) is 0 Å². The second-order valence-electron chi connectivity index (χ2n) is 4.26. The lowest BCUT2D eigenvalue weighted by molar-refractivity contribution is -0.121. The van der Waals surface area contributed by atoms with E-state index in [9.17, 15) is 9.59 Å². The van der Waals surface area contributed by atoms with Gasteiger partial charge in [-0.3, -0.25) is 14.3 Å². The minimum atomic E-state index is -0.311. The topological polar surface area (TPSA) is 102 Å². The Morgan fingerprint density at radius 3 is 2.90 bits per heavy atom. The van der Waals surface area contributed by atoms with Crippen LogP contribution in [0.2, 0.25) is 0 Å². The number of hydrogen-bond acceptors (Lipinski definition) is 4. The molecular formula is C13H14BrN5O2. The Morgan fingerprint density at radius 1 is 1.43 bits per heavy atom. The smallest absolute Gasteiger partial charge is 0.256 e. The van der Waals surface area contributed by atoms with Gasteiger partial charge in [0.2, 0.25) is 5.91 Å². The number of rotatable bonds is 4. The van der Waals surface area contributed by atoms with Crippen LogP contribution in [-0.4, -0.2) is 28.6 Å². The highest BCUT2D eigenvalue weighted by Gasteiger charge is 2.13. The van der Waals surface area contributed by atoms with E-state index in [4.69, 9.17) is 5.73 Å². The molecule has 0 aliphatic heterocycles. The largest absolute Gasteiger partial charge is 0.398 e. The lowest BCUT2D eigenvalue weighted by atomic mass is 10.2. The van der Waals surface area contributed by atoms with Gasteiger partial charge in [0.25, 0.3) is 5.91 Å². The molecule has 2 amide bonds. The van der Waals surface area contributed by atoms with Gasteiger partial charge in [-0.05, 0) is 28.1 Å². The normalized spacial score (nSPS) is 10.2. The third kappa shape index (κ3) is 3.60. The number of halogens is 1. The highest BCUT2D eigenvalue weighted by atomic mass is 79.9. The van der Waals surface area contributed by atoms with E-state index in [1.165, 1.54) is 10.9 Å². The molecule has 0 unspecified atom stereocenters. The zero-order valence-electron chi connectivity index (χ0n) is 11.3. The number of nitrogens with zero attached hydrogens (tertiary/aromatic N) is 2. The first kappa shape index (κ1) is 15.0. The van der Waals surface area contributed by atoms with E-state index in [0.29, 0.717) is 21.4 Å². The quantitative estimate of drug-likeness (QED) is 0.720. The van der Waals surface area contributed by atoms with E-state index in [1.54, 1.807) is 31.4 Å². The Balaban J connectivity index is 2.09. The summed E-state index contributed by atoms with van der Waals surface area (Å²) in [6, 6.07) is 5.05. The van der Waals surface area contributed by atoms with E-state index in [0.717, 1.165) is 0 Å². The van der Waals surface area contributed by atoms with E-state index in [-0.39, 0.29) is 18.4 Å². The van der Waals surface area contributed by atoms with Crippen LogP contribution in [-0.2, 0) is 11.3 Å². The third-order valence-electron chi connectivity index (χ3n) is 2.75. The summed E-state index contributed by atoms with van der Waals surface area (Å²) in [5.41, 5.74) is 7.15. The van der Waals surface area contributed by atoms with E-state index in [1.807, 2.05) is 0 Å². The number of nitrogen functional groups attached to an aromatic ring is 1. The van der Waals surface area contributed by atoms with Crippen LogP contribution in [0.4, 0.5) is 11.4 Å². The predicted molar refractivity (Wildman–Crippen MR) is 82.8 cm³/mol. The first-order valence-corrected chi connectivity index (χ1v) is 6.89. The number of amides is 2. The molecule has 2 rings (SSSR count). The minimum absolute atomic E-state index is 0.0916. The maximum atomic E-state index is 12.2. The van der Waals surface area contributed by atoms with Crippen molar-refractivity contribution in [2.45, 2.75) is 6.54 Å². The highest BCUT2D eigenvalue weighted by Crippen LogP contribution is 2.24. The van der Waals surface area contributed by atoms with Gasteiger partial charge in [0.05, 0.1) is 21.9 Å². The summed E-state index contributed by atoms with van der Waals surface area (Å²) < 4.78 is 1.98. The second-order valence-corrected chi connectivity index (χ2v) is 5.06. The summed E-state index contributed by atoms with van der Waals surface area (Å²) >= 11 is 3.28. The molecule has 1 aromatic heterocycles. The highest BCUT2D eigenvalue weighted by molar-refractivity contribution is 9.10. The zero-order chi connectivity index (χ0) is 15.4. The summed E-state index contributed by atoms with van der Waals surface area (Å²) in [5.74, 6) is -0.483. The fraction of sp³-hybridized carbons (Fsp3) is 0.154. The monoisotopic (exact) mass is 351 g/mol. The van der Waals surface area contributed by atoms with Crippen molar-refractivity contribution in [3.63, 3.8) is 0 Å². The Bertz CT molecular complexity index is 683. The predicted octanol–water partition coefficient (Wildman–Crippen LogP) is 1.23.